The summed E-state index contributed by atoms with van der Waals surface area (Å²) in [4.78, 5) is 0. The molecule has 15 heavy (non-hydrogen) atoms. The zero-order valence-corrected chi connectivity index (χ0v) is 10.4. The van der Waals surface area contributed by atoms with E-state index in [1.165, 1.54) is 19.3 Å². The molecule has 2 unspecified atom stereocenters. The molecule has 1 fully saturated rings. The van der Waals surface area contributed by atoms with Crippen molar-refractivity contribution in [1.82, 2.24) is 0 Å². The first kappa shape index (κ1) is 13.0. The second-order valence-corrected chi connectivity index (χ2v) is 5.31. The van der Waals surface area contributed by atoms with E-state index < -0.39 is 0 Å². The van der Waals surface area contributed by atoms with Crippen LogP contribution in [0.5, 0.6) is 0 Å². The molecule has 0 radical (unpaired) electrons. The molecule has 2 nitrogen and oxygen atoms in total. The van der Waals surface area contributed by atoms with Gasteiger partial charge < -0.3 is 9.84 Å². The normalized spacial score (nSPS) is 32.2. The van der Waals surface area contributed by atoms with E-state index >= 15 is 0 Å². The standard InChI is InChI=1S/C13H26O2/c1-10(2)12-6-5-11(3)9-13(12)15-8-4-7-14/h10-14H,4-9H2,1-3H3/t11-,12?,13?/m1/s1. The third-order valence-corrected chi connectivity index (χ3v) is 3.60. The summed E-state index contributed by atoms with van der Waals surface area (Å²) < 4.78 is 5.91. The Bertz CT molecular complexity index is 168. The largest absolute Gasteiger partial charge is 0.396 e. The van der Waals surface area contributed by atoms with Crippen molar-refractivity contribution in [2.45, 2.75) is 52.6 Å². The van der Waals surface area contributed by atoms with Gasteiger partial charge in [0.25, 0.3) is 0 Å². The van der Waals surface area contributed by atoms with Crippen LogP contribution in [-0.4, -0.2) is 24.4 Å². The SMILES string of the molecule is CC(C)C1CC[C@@H](C)CC1OCCCO. The molecule has 0 spiro atoms. The minimum atomic E-state index is 0.245. The molecule has 0 saturated heterocycles. The molecule has 0 heterocycles. The van der Waals surface area contributed by atoms with Gasteiger partial charge in [-0.3, -0.25) is 0 Å². The third-order valence-electron chi connectivity index (χ3n) is 3.60. The zero-order valence-electron chi connectivity index (χ0n) is 10.4. The number of aliphatic hydroxyl groups is 1. The maximum atomic E-state index is 8.74. The number of ether oxygens (including phenoxy) is 1. The number of aliphatic hydroxyl groups excluding tert-OH is 1. The summed E-state index contributed by atoms with van der Waals surface area (Å²) in [5, 5.41) is 8.74. The Hall–Kier alpha value is -0.0800. The van der Waals surface area contributed by atoms with Gasteiger partial charge in [0.05, 0.1) is 6.10 Å². The molecule has 1 aliphatic carbocycles. The van der Waals surface area contributed by atoms with Gasteiger partial charge in [0.15, 0.2) is 0 Å². The molecular weight excluding hydrogens is 188 g/mol. The Labute approximate surface area is 94.0 Å². The van der Waals surface area contributed by atoms with E-state index in [1.807, 2.05) is 0 Å². The number of hydrogen-bond acceptors (Lipinski definition) is 2. The lowest BCUT2D eigenvalue weighted by Crippen LogP contribution is -2.34. The van der Waals surface area contributed by atoms with Crippen molar-refractivity contribution in [3.8, 4) is 0 Å². The number of hydrogen-bond donors (Lipinski definition) is 1. The summed E-state index contributed by atoms with van der Waals surface area (Å²) in [6, 6.07) is 0. The van der Waals surface area contributed by atoms with E-state index in [9.17, 15) is 0 Å². The summed E-state index contributed by atoms with van der Waals surface area (Å²) in [5.74, 6) is 2.25. The van der Waals surface area contributed by atoms with Gasteiger partial charge in [0.2, 0.25) is 0 Å². The highest BCUT2D eigenvalue weighted by molar-refractivity contribution is 4.81. The minimum absolute atomic E-state index is 0.245. The van der Waals surface area contributed by atoms with Crippen LogP contribution in [0.4, 0.5) is 0 Å². The monoisotopic (exact) mass is 214 g/mol. The molecule has 0 bridgehead atoms. The second kappa shape index (κ2) is 6.49. The predicted octanol–water partition coefficient (Wildman–Crippen LogP) is 2.85. The zero-order chi connectivity index (χ0) is 11.3. The van der Waals surface area contributed by atoms with Crippen molar-refractivity contribution in [2.24, 2.45) is 17.8 Å². The molecule has 1 aliphatic rings. The fourth-order valence-corrected chi connectivity index (χ4v) is 2.61. The Morgan fingerprint density at radius 3 is 2.67 bits per heavy atom. The van der Waals surface area contributed by atoms with Crippen LogP contribution in [0.1, 0.15) is 46.5 Å². The smallest absolute Gasteiger partial charge is 0.0608 e. The van der Waals surface area contributed by atoms with Crippen LogP contribution >= 0.6 is 0 Å². The first-order valence-corrected chi connectivity index (χ1v) is 6.37. The highest BCUT2D eigenvalue weighted by Crippen LogP contribution is 2.35. The lowest BCUT2D eigenvalue weighted by atomic mass is 9.75. The minimum Gasteiger partial charge on any atom is -0.396 e. The summed E-state index contributed by atoms with van der Waals surface area (Å²) in [6.07, 6.45) is 5.07. The van der Waals surface area contributed by atoms with Gasteiger partial charge in [-0.25, -0.2) is 0 Å². The Morgan fingerprint density at radius 1 is 1.33 bits per heavy atom. The van der Waals surface area contributed by atoms with Crippen molar-refractivity contribution in [3.05, 3.63) is 0 Å². The molecule has 0 amide bonds. The molecule has 1 saturated carbocycles. The average Bonchev–Trinajstić information content (AvgIpc) is 2.18. The van der Waals surface area contributed by atoms with E-state index in [0.29, 0.717) is 6.10 Å². The molecule has 0 aliphatic heterocycles. The molecule has 0 aromatic carbocycles. The molecule has 0 aromatic rings. The van der Waals surface area contributed by atoms with Gasteiger partial charge in [-0.05, 0) is 37.0 Å². The predicted molar refractivity (Wildman–Crippen MR) is 62.8 cm³/mol. The van der Waals surface area contributed by atoms with Crippen molar-refractivity contribution >= 4 is 0 Å². The summed E-state index contributed by atoms with van der Waals surface area (Å²) in [5.41, 5.74) is 0. The molecule has 2 heteroatoms. The van der Waals surface area contributed by atoms with Crippen LogP contribution in [-0.2, 0) is 4.74 Å². The van der Waals surface area contributed by atoms with Gasteiger partial charge in [0, 0.05) is 13.2 Å². The second-order valence-electron chi connectivity index (χ2n) is 5.31. The van der Waals surface area contributed by atoms with E-state index in [0.717, 1.165) is 30.8 Å². The van der Waals surface area contributed by atoms with Crippen LogP contribution in [0, 0.1) is 17.8 Å². The maximum Gasteiger partial charge on any atom is 0.0608 e. The van der Waals surface area contributed by atoms with Crippen LogP contribution in [0.3, 0.4) is 0 Å². The first-order valence-electron chi connectivity index (χ1n) is 6.37. The highest BCUT2D eigenvalue weighted by atomic mass is 16.5. The van der Waals surface area contributed by atoms with Crippen molar-refractivity contribution in [1.29, 1.82) is 0 Å². The van der Waals surface area contributed by atoms with Crippen LogP contribution < -0.4 is 0 Å². The summed E-state index contributed by atoms with van der Waals surface area (Å²) in [7, 11) is 0. The van der Waals surface area contributed by atoms with E-state index in [-0.39, 0.29) is 6.61 Å². The van der Waals surface area contributed by atoms with Gasteiger partial charge in [-0.1, -0.05) is 27.2 Å². The van der Waals surface area contributed by atoms with E-state index in [1.54, 1.807) is 0 Å². The quantitative estimate of drug-likeness (QED) is 0.713. The molecule has 1 rings (SSSR count). The average molecular weight is 214 g/mol. The van der Waals surface area contributed by atoms with Crippen LogP contribution in [0.2, 0.25) is 0 Å². The first-order chi connectivity index (χ1) is 7.15. The molecular formula is C13H26O2. The van der Waals surface area contributed by atoms with Crippen molar-refractivity contribution < 1.29 is 9.84 Å². The molecule has 0 aromatic heterocycles. The van der Waals surface area contributed by atoms with Gasteiger partial charge in [0.1, 0.15) is 0 Å². The van der Waals surface area contributed by atoms with Gasteiger partial charge >= 0.3 is 0 Å². The van der Waals surface area contributed by atoms with Crippen molar-refractivity contribution in [2.75, 3.05) is 13.2 Å². The maximum absolute atomic E-state index is 8.74. The third kappa shape index (κ3) is 4.12. The Morgan fingerprint density at radius 2 is 2.07 bits per heavy atom. The van der Waals surface area contributed by atoms with Crippen LogP contribution in [0.25, 0.3) is 0 Å². The molecule has 1 N–H and O–H groups in total. The fourth-order valence-electron chi connectivity index (χ4n) is 2.61. The highest BCUT2D eigenvalue weighted by Gasteiger charge is 2.30. The lowest BCUT2D eigenvalue weighted by Gasteiger charge is -2.37. The Kier molecular flexibility index (Phi) is 5.62. The van der Waals surface area contributed by atoms with Crippen LogP contribution in [0.15, 0.2) is 0 Å². The molecule has 90 valence electrons. The van der Waals surface area contributed by atoms with Crippen molar-refractivity contribution in [3.63, 3.8) is 0 Å². The van der Waals surface area contributed by atoms with Gasteiger partial charge in [-0.2, -0.15) is 0 Å². The molecule has 3 atom stereocenters. The summed E-state index contributed by atoms with van der Waals surface area (Å²) >= 11 is 0. The van der Waals surface area contributed by atoms with E-state index in [2.05, 4.69) is 20.8 Å². The van der Waals surface area contributed by atoms with Gasteiger partial charge in [-0.15, -0.1) is 0 Å². The topological polar surface area (TPSA) is 29.5 Å². The Balaban J connectivity index is 2.39. The summed E-state index contributed by atoms with van der Waals surface area (Å²) in [6.45, 7) is 7.87. The fraction of sp³-hybridized carbons (Fsp3) is 1.00. The lowest BCUT2D eigenvalue weighted by molar-refractivity contribution is -0.0417. The van der Waals surface area contributed by atoms with E-state index in [4.69, 9.17) is 9.84 Å². The number of rotatable bonds is 5.